The van der Waals surface area contributed by atoms with Gasteiger partial charge in [0.2, 0.25) is 0 Å². The molecule has 0 bridgehead atoms. The lowest BCUT2D eigenvalue weighted by molar-refractivity contribution is -0.113. The third kappa shape index (κ3) is 5.44. The number of nitrogens with zero attached hydrogens (tertiary/aromatic N) is 2. The van der Waals surface area contributed by atoms with Gasteiger partial charge in [0.1, 0.15) is 5.75 Å². The molecule has 0 saturated carbocycles. The van der Waals surface area contributed by atoms with Crippen molar-refractivity contribution in [3.05, 3.63) is 66.6 Å². The SMILES string of the molecule is C=CC(=O)N(c1ccc(S(=O)(=O)CCCCC)cc1)c1nc(-c2ccc(OC)cc2)cs1. The molecule has 0 aliphatic heterocycles. The molecule has 1 heterocycles. The van der Waals surface area contributed by atoms with Crippen LogP contribution in [-0.2, 0) is 14.6 Å². The molecule has 6 nitrogen and oxygen atoms in total. The van der Waals surface area contributed by atoms with Crippen LogP contribution in [0.5, 0.6) is 5.75 Å². The van der Waals surface area contributed by atoms with Crippen LogP contribution in [0.3, 0.4) is 0 Å². The van der Waals surface area contributed by atoms with Crippen LogP contribution in [0.15, 0.2) is 71.5 Å². The van der Waals surface area contributed by atoms with Crippen LogP contribution >= 0.6 is 11.3 Å². The molecular weight excluding hydrogens is 444 g/mol. The van der Waals surface area contributed by atoms with E-state index >= 15 is 0 Å². The van der Waals surface area contributed by atoms with Crippen LogP contribution in [0.2, 0.25) is 0 Å². The smallest absolute Gasteiger partial charge is 0.256 e. The summed E-state index contributed by atoms with van der Waals surface area (Å²) in [7, 11) is -1.74. The van der Waals surface area contributed by atoms with Crippen molar-refractivity contribution in [1.82, 2.24) is 4.98 Å². The molecule has 1 amide bonds. The zero-order valence-electron chi connectivity index (χ0n) is 18.2. The predicted molar refractivity (Wildman–Crippen MR) is 129 cm³/mol. The molecule has 0 fully saturated rings. The van der Waals surface area contributed by atoms with Gasteiger partial charge in [-0.25, -0.2) is 13.4 Å². The van der Waals surface area contributed by atoms with Gasteiger partial charge < -0.3 is 4.74 Å². The maximum absolute atomic E-state index is 12.6. The van der Waals surface area contributed by atoms with Gasteiger partial charge in [0.15, 0.2) is 15.0 Å². The van der Waals surface area contributed by atoms with Crippen LogP contribution in [-0.4, -0.2) is 32.2 Å². The van der Waals surface area contributed by atoms with Gasteiger partial charge in [-0.2, -0.15) is 0 Å². The number of hydrogen-bond donors (Lipinski definition) is 0. The van der Waals surface area contributed by atoms with Crippen molar-refractivity contribution in [3.63, 3.8) is 0 Å². The summed E-state index contributed by atoms with van der Waals surface area (Å²) in [5.74, 6) is 0.518. The zero-order chi connectivity index (χ0) is 23.1. The highest BCUT2D eigenvalue weighted by molar-refractivity contribution is 7.91. The highest BCUT2D eigenvalue weighted by atomic mass is 32.2. The van der Waals surface area contributed by atoms with Crippen molar-refractivity contribution in [2.45, 2.75) is 31.1 Å². The van der Waals surface area contributed by atoms with E-state index in [-0.39, 0.29) is 16.6 Å². The number of carbonyl (C=O) groups excluding carboxylic acids is 1. The molecule has 0 N–H and O–H groups in total. The minimum Gasteiger partial charge on any atom is -0.497 e. The fourth-order valence-corrected chi connectivity index (χ4v) is 5.38. The number of carbonyl (C=O) groups is 1. The summed E-state index contributed by atoms with van der Waals surface area (Å²) in [6.07, 6.45) is 3.68. The second-order valence-corrected chi connectivity index (χ2v) is 10.1. The number of hydrogen-bond acceptors (Lipinski definition) is 6. The molecular formula is C24H26N2O4S2. The standard InChI is InChI=1S/C24H26N2O4S2/c1-4-6-7-16-32(28,29)21-14-10-19(11-15-21)26(23(27)5-2)24-25-22(17-31-24)18-8-12-20(30-3)13-9-18/h5,8-15,17H,2,4,6-7,16H2,1,3H3. The summed E-state index contributed by atoms with van der Waals surface area (Å²) in [6, 6.07) is 13.8. The fourth-order valence-electron chi connectivity index (χ4n) is 3.15. The molecule has 2 aromatic carbocycles. The first kappa shape index (κ1) is 23.7. The van der Waals surface area contributed by atoms with Crippen molar-refractivity contribution in [1.29, 1.82) is 0 Å². The number of unbranched alkanes of at least 4 members (excludes halogenated alkanes) is 2. The maximum Gasteiger partial charge on any atom is 0.256 e. The Balaban J connectivity index is 1.88. The predicted octanol–water partition coefficient (Wildman–Crippen LogP) is 5.63. The van der Waals surface area contributed by atoms with Crippen LogP contribution in [0.4, 0.5) is 10.8 Å². The summed E-state index contributed by atoms with van der Waals surface area (Å²) in [5, 5.41) is 2.34. The van der Waals surface area contributed by atoms with Gasteiger partial charge in [0, 0.05) is 10.9 Å². The van der Waals surface area contributed by atoms with Crippen LogP contribution in [0, 0.1) is 0 Å². The topological polar surface area (TPSA) is 76.6 Å². The van der Waals surface area contributed by atoms with E-state index in [2.05, 4.69) is 11.6 Å². The summed E-state index contributed by atoms with van der Waals surface area (Å²) in [5.41, 5.74) is 2.15. The first-order valence-electron chi connectivity index (χ1n) is 10.3. The second-order valence-electron chi connectivity index (χ2n) is 7.14. The number of rotatable bonds is 10. The Hall–Kier alpha value is -2.97. The lowest BCUT2D eigenvalue weighted by Gasteiger charge is -2.18. The van der Waals surface area contributed by atoms with E-state index in [1.54, 1.807) is 19.2 Å². The van der Waals surface area contributed by atoms with E-state index in [4.69, 9.17) is 4.74 Å². The highest BCUT2D eigenvalue weighted by Gasteiger charge is 2.21. The van der Waals surface area contributed by atoms with Crippen LogP contribution in [0.1, 0.15) is 26.2 Å². The number of aromatic nitrogens is 1. The van der Waals surface area contributed by atoms with E-state index in [0.29, 0.717) is 17.2 Å². The Labute approximate surface area is 193 Å². The Morgan fingerprint density at radius 1 is 1.12 bits per heavy atom. The normalized spacial score (nSPS) is 11.2. The van der Waals surface area contributed by atoms with E-state index in [1.165, 1.54) is 34.4 Å². The van der Waals surface area contributed by atoms with Gasteiger partial charge in [-0.15, -0.1) is 11.3 Å². The number of benzene rings is 2. The molecule has 0 aliphatic rings. The van der Waals surface area contributed by atoms with E-state index in [1.807, 2.05) is 36.6 Å². The quantitative estimate of drug-likeness (QED) is 0.283. The second kappa shape index (κ2) is 10.6. The number of ether oxygens (including phenoxy) is 1. The third-order valence-corrected chi connectivity index (χ3v) is 7.58. The summed E-state index contributed by atoms with van der Waals surface area (Å²) in [4.78, 5) is 18.9. The fraction of sp³-hybridized carbons (Fsp3) is 0.250. The van der Waals surface area contributed by atoms with Gasteiger partial charge >= 0.3 is 0 Å². The van der Waals surface area contributed by atoms with Gasteiger partial charge in [0.25, 0.3) is 5.91 Å². The lowest BCUT2D eigenvalue weighted by atomic mass is 10.2. The number of amides is 1. The molecule has 3 rings (SSSR count). The van der Waals surface area contributed by atoms with Gasteiger partial charge in [-0.1, -0.05) is 26.3 Å². The summed E-state index contributed by atoms with van der Waals surface area (Å²) >= 11 is 1.32. The molecule has 0 saturated heterocycles. The highest BCUT2D eigenvalue weighted by Crippen LogP contribution is 2.33. The largest absolute Gasteiger partial charge is 0.497 e. The number of thiazole rings is 1. The number of sulfone groups is 1. The molecule has 3 aromatic rings. The monoisotopic (exact) mass is 470 g/mol. The Bertz CT molecular complexity index is 1170. The first-order chi connectivity index (χ1) is 15.4. The maximum atomic E-state index is 12.6. The Kier molecular flexibility index (Phi) is 7.82. The molecule has 0 atom stereocenters. The molecule has 0 unspecified atom stereocenters. The minimum absolute atomic E-state index is 0.118. The van der Waals surface area contributed by atoms with Gasteiger partial charge in [-0.3, -0.25) is 9.69 Å². The third-order valence-electron chi connectivity index (χ3n) is 4.93. The minimum atomic E-state index is -3.35. The molecule has 0 aliphatic carbocycles. The van der Waals surface area contributed by atoms with Crippen molar-refractivity contribution >= 4 is 37.9 Å². The molecule has 8 heteroatoms. The van der Waals surface area contributed by atoms with Crippen molar-refractivity contribution in [2.24, 2.45) is 0 Å². The molecule has 168 valence electrons. The van der Waals surface area contributed by atoms with E-state index < -0.39 is 9.84 Å². The molecule has 0 radical (unpaired) electrons. The average Bonchev–Trinajstić information content (AvgIpc) is 3.29. The summed E-state index contributed by atoms with van der Waals surface area (Å²) in [6.45, 7) is 5.62. The Morgan fingerprint density at radius 2 is 1.81 bits per heavy atom. The number of anilines is 2. The lowest BCUT2D eigenvalue weighted by Crippen LogP contribution is -2.23. The number of methoxy groups -OCH3 is 1. The van der Waals surface area contributed by atoms with Crippen LogP contribution < -0.4 is 9.64 Å². The molecule has 0 spiro atoms. The average molecular weight is 471 g/mol. The summed E-state index contributed by atoms with van der Waals surface area (Å²) < 4.78 is 30.3. The first-order valence-corrected chi connectivity index (χ1v) is 12.8. The van der Waals surface area contributed by atoms with Gasteiger partial charge in [0.05, 0.1) is 29.1 Å². The Morgan fingerprint density at radius 3 is 2.41 bits per heavy atom. The van der Waals surface area contributed by atoms with Crippen LogP contribution in [0.25, 0.3) is 11.3 Å². The van der Waals surface area contributed by atoms with Crippen molar-refractivity contribution < 1.29 is 17.9 Å². The van der Waals surface area contributed by atoms with Crippen molar-refractivity contribution in [3.8, 4) is 17.0 Å². The van der Waals surface area contributed by atoms with Gasteiger partial charge in [-0.05, 0) is 61.0 Å². The van der Waals surface area contributed by atoms with Crippen molar-refractivity contribution in [2.75, 3.05) is 17.8 Å². The molecule has 1 aromatic heterocycles. The zero-order valence-corrected chi connectivity index (χ0v) is 19.8. The van der Waals surface area contributed by atoms with E-state index in [9.17, 15) is 13.2 Å². The van der Waals surface area contributed by atoms with E-state index in [0.717, 1.165) is 29.8 Å². The molecule has 32 heavy (non-hydrogen) atoms.